The standard InChI is InChI=1S/C17H15Cl3N2/c18-12-2-4-16(21)13(9-12)10-5-6-22-17(8-10)11-1-3-14(19)15(20)7-11/h1-4,7-9,17,22H,5-6,21H2. The van der Waals surface area contributed by atoms with Gasteiger partial charge in [-0.2, -0.15) is 0 Å². The van der Waals surface area contributed by atoms with E-state index in [1.165, 1.54) is 5.57 Å². The van der Waals surface area contributed by atoms with E-state index in [0.29, 0.717) is 15.1 Å². The predicted octanol–water partition coefficient (Wildman–Crippen LogP) is 5.35. The molecule has 2 aromatic carbocycles. The van der Waals surface area contributed by atoms with Crippen molar-refractivity contribution in [3.05, 3.63) is 68.7 Å². The quantitative estimate of drug-likeness (QED) is 0.714. The van der Waals surface area contributed by atoms with Gasteiger partial charge in [0.25, 0.3) is 0 Å². The summed E-state index contributed by atoms with van der Waals surface area (Å²) in [5.74, 6) is 0. The number of nitrogens with one attached hydrogen (secondary N) is 1. The molecule has 0 fully saturated rings. The van der Waals surface area contributed by atoms with E-state index in [2.05, 4.69) is 11.4 Å². The Morgan fingerprint density at radius 2 is 1.82 bits per heavy atom. The summed E-state index contributed by atoms with van der Waals surface area (Å²) in [6.45, 7) is 0.864. The first-order chi connectivity index (χ1) is 10.5. The molecule has 0 amide bonds. The zero-order chi connectivity index (χ0) is 15.7. The molecule has 1 unspecified atom stereocenters. The number of hydrogen-bond acceptors (Lipinski definition) is 2. The molecule has 5 heteroatoms. The van der Waals surface area contributed by atoms with Crippen LogP contribution in [0.5, 0.6) is 0 Å². The van der Waals surface area contributed by atoms with Crippen molar-refractivity contribution >= 4 is 46.1 Å². The van der Waals surface area contributed by atoms with E-state index in [-0.39, 0.29) is 6.04 Å². The molecule has 114 valence electrons. The Labute approximate surface area is 144 Å². The van der Waals surface area contributed by atoms with Crippen LogP contribution in [0, 0.1) is 0 Å². The largest absolute Gasteiger partial charge is 0.398 e. The molecule has 0 radical (unpaired) electrons. The van der Waals surface area contributed by atoms with Gasteiger partial charge >= 0.3 is 0 Å². The highest BCUT2D eigenvalue weighted by molar-refractivity contribution is 6.42. The van der Waals surface area contributed by atoms with Crippen LogP contribution in [0.25, 0.3) is 5.57 Å². The van der Waals surface area contributed by atoms with Crippen LogP contribution in [-0.2, 0) is 0 Å². The molecule has 0 aromatic heterocycles. The molecule has 1 aliphatic heterocycles. The van der Waals surface area contributed by atoms with E-state index in [1.807, 2.05) is 30.3 Å². The number of nitrogens with two attached hydrogens (primary N) is 1. The second kappa shape index (κ2) is 6.51. The van der Waals surface area contributed by atoms with Crippen LogP contribution in [0.15, 0.2) is 42.5 Å². The number of rotatable bonds is 2. The maximum absolute atomic E-state index is 6.11. The van der Waals surface area contributed by atoms with Crippen LogP contribution in [0.1, 0.15) is 23.6 Å². The van der Waals surface area contributed by atoms with Gasteiger partial charge in [-0.05, 0) is 47.9 Å². The van der Waals surface area contributed by atoms with Crippen molar-refractivity contribution in [1.29, 1.82) is 0 Å². The Morgan fingerprint density at radius 3 is 2.59 bits per heavy atom. The van der Waals surface area contributed by atoms with Gasteiger partial charge in [0, 0.05) is 22.8 Å². The van der Waals surface area contributed by atoms with Gasteiger partial charge in [-0.3, -0.25) is 0 Å². The van der Waals surface area contributed by atoms with Gasteiger partial charge in [0.15, 0.2) is 0 Å². The maximum atomic E-state index is 6.11. The average molecular weight is 354 g/mol. The number of halogens is 3. The topological polar surface area (TPSA) is 38.0 Å². The third-order valence-electron chi connectivity index (χ3n) is 3.79. The Balaban J connectivity index is 1.98. The lowest BCUT2D eigenvalue weighted by Crippen LogP contribution is -2.25. The summed E-state index contributed by atoms with van der Waals surface area (Å²) in [6, 6.07) is 11.3. The minimum atomic E-state index is 0.0805. The number of benzene rings is 2. The molecule has 1 atom stereocenters. The molecule has 0 spiro atoms. The van der Waals surface area contributed by atoms with E-state index in [9.17, 15) is 0 Å². The lowest BCUT2D eigenvalue weighted by molar-refractivity contribution is 0.609. The normalized spacial score (nSPS) is 18.1. The Hall–Kier alpha value is -1.19. The summed E-state index contributed by atoms with van der Waals surface area (Å²) >= 11 is 18.2. The van der Waals surface area contributed by atoms with Gasteiger partial charge in [-0.15, -0.1) is 0 Å². The lowest BCUT2D eigenvalue weighted by Gasteiger charge is -2.24. The zero-order valence-electron chi connectivity index (χ0n) is 11.7. The molecule has 0 saturated carbocycles. The van der Waals surface area contributed by atoms with Crippen molar-refractivity contribution in [2.75, 3.05) is 12.3 Å². The molecule has 1 aliphatic rings. The van der Waals surface area contributed by atoms with Crippen LogP contribution in [0.3, 0.4) is 0 Å². The lowest BCUT2D eigenvalue weighted by atomic mass is 9.93. The van der Waals surface area contributed by atoms with E-state index in [1.54, 1.807) is 6.07 Å². The zero-order valence-corrected chi connectivity index (χ0v) is 14.0. The fraction of sp³-hybridized carbons (Fsp3) is 0.176. The van der Waals surface area contributed by atoms with Gasteiger partial charge in [0.05, 0.1) is 16.1 Å². The highest BCUT2D eigenvalue weighted by Crippen LogP contribution is 2.33. The second-order valence-electron chi connectivity index (χ2n) is 5.28. The summed E-state index contributed by atoms with van der Waals surface area (Å²) in [7, 11) is 0. The summed E-state index contributed by atoms with van der Waals surface area (Å²) in [4.78, 5) is 0. The molecule has 1 heterocycles. The fourth-order valence-electron chi connectivity index (χ4n) is 2.66. The Kier molecular flexibility index (Phi) is 4.65. The third-order valence-corrected chi connectivity index (χ3v) is 4.76. The maximum Gasteiger partial charge on any atom is 0.0595 e. The van der Waals surface area contributed by atoms with Crippen LogP contribution < -0.4 is 11.1 Å². The number of anilines is 1. The molecule has 0 aliphatic carbocycles. The van der Waals surface area contributed by atoms with Gasteiger partial charge in [0.2, 0.25) is 0 Å². The van der Waals surface area contributed by atoms with Gasteiger partial charge in [-0.25, -0.2) is 0 Å². The SMILES string of the molecule is Nc1ccc(Cl)cc1C1=CC(c2ccc(Cl)c(Cl)c2)NCC1. The highest BCUT2D eigenvalue weighted by Gasteiger charge is 2.18. The number of nitrogen functional groups attached to an aromatic ring is 1. The number of hydrogen-bond donors (Lipinski definition) is 2. The van der Waals surface area contributed by atoms with Crippen molar-refractivity contribution in [2.24, 2.45) is 0 Å². The van der Waals surface area contributed by atoms with Gasteiger partial charge in [-0.1, -0.05) is 46.9 Å². The van der Waals surface area contributed by atoms with Crippen molar-refractivity contribution < 1.29 is 0 Å². The minimum Gasteiger partial charge on any atom is -0.398 e. The molecule has 22 heavy (non-hydrogen) atoms. The van der Waals surface area contributed by atoms with Crippen molar-refractivity contribution in [3.8, 4) is 0 Å². The van der Waals surface area contributed by atoms with Crippen molar-refractivity contribution in [3.63, 3.8) is 0 Å². The summed E-state index contributed by atoms with van der Waals surface area (Å²) in [5, 5.41) is 5.27. The summed E-state index contributed by atoms with van der Waals surface area (Å²) in [6.07, 6.45) is 3.08. The fourth-order valence-corrected chi connectivity index (χ4v) is 3.14. The van der Waals surface area contributed by atoms with Crippen molar-refractivity contribution in [1.82, 2.24) is 5.32 Å². The van der Waals surface area contributed by atoms with Crippen LogP contribution >= 0.6 is 34.8 Å². The monoisotopic (exact) mass is 352 g/mol. The van der Waals surface area contributed by atoms with Crippen molar-refractivity contribution in [2.45, 2.75) is 12.5 Å². The first-order valence-electron chi connectivity index (χ1n) is 6.99. The summed E-state index contributed by atoms with van der Waals surface area (Å²) in [5.41, 5.74) is 10.1. The van der Waals surface area contributed by atoms with E-state index >= 15 is 0 Å². The van der Waals surface area contributed by atoms with E-state index in [0.717, 1.165) is 29.8 Å². The van der Waals surface area contributed by atoms with Gasteiger partial charge < -0.3 is 11.1 Å². The van der Waals surface area contributed by atoms with E-state index in [4.69, 9.17) is 40.5 Å². The first kappa shape index (κ1) is 15.7. The minimum absolute atomic E-state index is 0.0805. The predicted molar refractivity (Wildman–Crippen MR) is 95.7 cm³/mol. The van der Waals surface area contributed by atoms with Crippen LogP contribution in [-0.4, -0.2) is 6.54 Å². The molecule has 2 aromatic rings. The molecule has 2 nitrogen and oxygen atoms in total. The second-order valence-corrected chi connectivity index (χ2v) is 6.53. The molecule has 0 bridgehead atoms. The Morgan fingerprint density at radius 1 is 1.00 bits per heavy atom. The highest BCUT2D eigenvalue weighted by atomic mass is 35.5. The summed E-state index contributed by atoms with van der Waals surface area (Å²) < 4.78 is 0. The van der Waals surface area contributed by atoms with Crippen LogP contribution in [0.4, 0.5) is 5.69 Å². The molecule has 0 saturated heterocycles. The van der Waals surface area contributed by atoms with Gasteiger partial charge in [0.1, 0.15) is 0 Å². The smallest absolute Gasteiger partial charge is 0.0595 e. The third kappa shape index (κ3) is 3.26. The average Bonchev–Trinajstić information content (AvgIpc) is 2.52. The van der Waals surface area contributed by atoms with E-state index < -0.39 is 0 Å². The molecule has 3 rings (SSSR count). The Bertz CT molecular complexity index is 741. The molecular weight excluding hydrogens is 339 g/mol. The first-order valence-corrected chi connectivity index (χ1v) is 8.12. The van der Waals surface area contributed by atoms with Crippen LogP contribution in [0.2, 0.25) is 15.1 Å². The molecule has 3 N–H and O–H groups in total. The molecular formula is C17H15Cl3N2.